The number of aryl methyl sites for hydroxylation is 4. The molecule has 0 radical (unpaired) electrons. The second-order valence-electron chi connectivity index (χ2n) is 8.59. The third kappa shape index (κ3) is 5.87. The predicted octanol–water partition coefficient (Wildman–Crippen LogP) is 4.22. The van der Waals surface area contributed by atoms with E-state index >= 15 is 0 Å². The Morgan fingerprint density at radius 1 is 0.917 bits per heavy atom. The van der Waals surface area contributed by atoms with Crippen molar-refractivity contribution in [1.29, 1.82) is 0 Å². The molecule has 0 bridgehead atoms. The standard InChI is InChI=1S/C26H27ClN2O6S/c1-14-11-23(15(2)10-21(14)27)36(34,35)29-20-7-5-6-18(12-20)19-8-16(3)24(17(4)9-19)25(31)28-22(13-30)26(32)33/h5-12,22,29-30H,13H2,1-4H3,(H,28,31)(H,32,33)/t22-/m1/s1. The van der Waals surface area contributed by atoms with Crippen molar-refractivity contribution in [2.45, 2.75) is 38.6 Å². The van der Waals surface area contributed by atoms with Gasteiger partial charge in [-0.1, -0.05) is 35.9 Å². The van der Waals surface area contributed by atoms with E-state index in [4.69, 9.17) is 16.7 Å². The van der Waals surface area contributed by atoms with Gasteiger partial charge in [0.2, 0.25) is 0 Å². The lowest BCUT2D eigenvalue weighted by molar-refractivity contribution is -0.140. The summed E-state index contributed by atoms with van der Waals surface area (Å²) in [4.78, 5) is 23.9. The van der Waals surface area contributed by atoms with Crippen LogP contribution in [0.5, 0.6) is 0 Å². The van der Waals surface area contributed by atoms with E-state index in [-0.39, 0.29) is 4.90 Å². The molecule has 3 aromatic rings. The van der Waals surface area contributed by atoms with Gasteiger partial charge in [0.15, 0.2) is 6.04 Å². The number of anilines is 1. The Labute approximate surface area is 215 Å². The number of aliphatic carboxylic acids is 1. The minimum absolute atomic E-state index is 0.138. The van der Waals surface area contributed by atoms with Crippen LogP contribution in [0.3, 0.4) is 0 Å². The summed E-state index contributed by atoms with van der Waals surface area (Å²) in [6.45, 7) is 6.13. The van der Waals surface area contributed by atoms with Crippen molar-refractivity contribution in [3.8, 4) is 11.1 Å². The van der Waals surface area contributed by atoms with Gasteiger partial charge in [0.05, 0.1) is 11.5 Å². The highest BCUT2D eigenvalue weighted by molar-refractivity contribution is 7.92. The molecule has 8 nitrogen and oxygen atoms in total. The molecule has 0 aliphatic heterocycles. The lowest BCUT2D eigenvalue weighted by Gasteiger charge is -2.16. The van der Waals surface area contributed by atoms with Crippen molar-refractivity contribution >= 4 is 39.2 Å². The number of sulfonamides is 1. The maximum absolute atomic E-state index is 13.1. The first-order chi connectivity index (χ1) is 16.8. The van der Waals surface area contributed by atoms with Gasteiger partial charge in [0, 0.05) is 16.3 Å². The lowest BCUT2D eigenvalue weighted by atomic mass is 9.95. The number of carboxylic acids is 1. The van der Waals surface area contributed by atoms with E-state index in [9.17, 15) is 23.1 Å². The first-order valence-electron chi connectivity index (χ1n) is 11.0. The minimum atomic E-state index is -3.87. The summed E-state index contributed by atoms with van der Waals surface area (Å²) in [6.07, 6.45) is 0. The zero-order valence-corrected chi connectivity index (χ0v) is 21.8. The van der Waals surface area contributed by atoms with E-state index in [1.54, 1.807) is 64.1 Å². The van der Waals surface area contributed by atoms with Gasteiger partial charge in [-0.25, -0.2) is 13.2 Å². The molecule has 0 unspecified atom stereocenters. The second-order valence-corrected chi connectivity index (χ2v) is 10.6. The van der Waals surface area contributed by atoms with Crippen molar-refractivity contribution in [2.75, 3.05) is 11.3 Å². The second kappa shape index (κ2) is 10.7. The van der Waals surface area contributed by atoms with Gasteiger partial charge in [-0.3, -0.25) is 9.52 Å². The summed E-state index contributed by atoms with van der Waals surface area (Å²) in [7, 11) is -3.87. The molecule has 10 heteroatoms. The van der Waals surface area contributed by atoms with Crippen LogP contribution in [0.25, 0.3) is 11.1 Å². The summed E-state index contributed by atoms with van der Waals surface area (Å²) < 4.78 is 28.7. The van der Waals surface area contributed by atoms with Crippen LogP contribution in [0.1, 0.15) is 32.6 Å². The quantitative estimate of drug-likeness (QED) is 0.345. The van der Waals surface area contributed by atoms with Crippen molar-refractivity contribution in [1.82, 2.24) is 5.32 Å². The largest absolute Gasteiger partial charge is 0.480 e. The summed E-state index contributed by atoms with van der Waals surface area (Å²) in [5.41, 5.74) is 4.52. The normalized spacial score (nSPS) is 12.2. The first kappa shape index (κ1) is 27.2. The predicted molar refractivity (Wildman–Crippen MR) is 139 cm³/mol. The van der Waals surface area contributed by atoms with Gasteiger partial charge in [-0.15, -0.1) is 0 Å². The molecule has 1 amide bonds. The zero-order valence-electron chi connectivity index (χ0n) is 20.2. The number of rotatable bonds is 8. The molecule has 36 heavy (non-hydrogen) atoms. The third-order valence-corrected chi connectivity index (χ3v) is 7.67. The molecule has 190 valence electrons. The molecule has 0 aliphatic rings. The van der Waals surface area contributed by atoms with Crippen LogP contribution in [0, 0.1) is 27.7 Å². The fourth-order valence-electron chi connectivity index (χ4n) is 3.92. The van der Waals surface area contributed by atoms with Crippen LogP contribution >= 0.6 is 11.6 Å². The van der Waals surface area contributed by atoms with E-state index in [1.165, 1.54) is 6.07 Å². The average Bonchev–Trinajstić information content (AvgIpc) is 2.78. The molecular formula is C26H27ClN2O6S. The molecule has 0 aliphatic carbocycles. The smallest absolute Gasteiger partial charge is 0.328 e. The van der Waals surface area contributed by atoms with E-state index in [2.05, 4.69) is 10.0 Å². The fraction of sp³-hybridized carbons (Fsp3) is 0.231. The Kier molecular flexibility index (Phi) is 8.08. The highest BCUT2D eigenvalue weighted by atomic mass is 35.5. The Morgan fingerprint density at radius 3 is 2.14 bits per heavy atom. The summed E-state index contributed by atoms with van der Waals surface area (Å²) >= 11 is 6.11. The molecule has 1 atom stereocenters. The average molecular weight is 531 g/mol. The molecule has 0 saturated heterocycles. The van der Waals surface area contributed by atoms with Crippen molar-refractivity contribution in [2.24, 2.45) is 0 Å². The molecular weight excluding hydrogens is 504 g/mol. The summed E-state index contributed by atoms with van der Waals surface area (Å²) in [5.74, 6) is -1.94. The molecule has 0 heterocycles. The van der Waals surface area contributed by atoms with E-state index < -0.39 is 34.5 Å². The van der Waals surface area contributed by atoms with E-state index in [0.717, 1.165) is 11.1 Å². The van der Waals surface area contributed by atoms with Crippen LogP contribution in [-0.4, -0.2) is 43.2 Å². The fourth-order valence-corrected chi connectivity index (χ4v) is 5.50. The summed E-state index contributed by atoms with van der Waals surface area (Å²) in [5, 5.41) is 21.1. The van der Waals surface area contributed by atoms with Crippen molar-refractivity contribution in [3.63, 3.8) is 0 Å². The number of carbonyl (C=O) groups excluding carboxylic acids is 1. The number of amides is 1. The molecule has 0 spiro atoms. The number of aliphatic hydroxyl groups is 1. The highest BCUT2D eigenvalue weighted by Gasteiger charge is 2.22. The number of carbonyl (C=O) groups is 2. The topological polar surface area (TPSA) is 133 Å². The zero-order chi connectivity index (χ0) is 26.8. The van der Waals surface area contributed by atoms with Gasteiger partial charge < -0.3 is 15.5 Å². The molecule has 0 saturated carbocycles. The Hall–Kier alpha value is -3.40. The monoisotopic (exact) mass is 530 g/mol. The van der Waals surface area contributed by atoms with Crippen LogP contribution in [-0.2, 0) is 14.8 Å². The van der Waals surface area contributed by atoms with Crippen LogP contribution in [0.4, 0.5) is 5.69 Å². The van der Waals surface area contributed by atoms with E-state index in [0.29, 0.717) is 38.5 Å². The van der Waals surface area contributed by atoms with Crippen LogP contribution in [0.15, 0.2) is 53.4 Å². The highest BCUT2D eigenvalue weighted by Crippen LogP contribution is 2.30. The van der Waals surface area contributed by atoms with Crippen molar-refractivity contribution < 1.29 is 28.2 Å². The number of benzene rings is 3. The minimum Gasteiger partial charge on any atom is -0.480 e. The summed E-state index contributed by atoms with van der Waals surface area (Å²) in [6, 6.07) is 12.1. The maximum Gasteiger partial charge on any atom is 0.328 e. The molecule has 0 fully saturated rings. The Bertz CT molecular complexity index is 1430. The van der Waals surface area contributed by atoms with Gasteiger partial charge in [-0.05, 0) is 85.3 Å². The molecule has 4 N–H and O–H groups in total. The van der Waals surface area contributed by atoms with Crippen molar-refractivity contribution in [3.05, 3.63) is 81.4 Å². The number of carboxylic acid groups (broad SMARTS) is 1. The van der Waals surface area contributed by atoms with Crippen LogP contribution < -0.4 is 10.0 Å². The van der Waals surface area contributed by atoms with Gasteiger partial charge in [0.1, 0.15) is 0 Å². The van der Waals surface area contributed by atoms with Gasteiger partial charge >= 0.3 is 5.97 Å². The third-order valence-electron chi connectivity index (χ3n) is 5.74. The molecule has 0 aromatic heterocycles. The lowest BCUT2D eigenvalue weighted by Crippen LogP contribution is -2.43. The first-order valence-corrected chi connectivity index (χ1v) is 12.9. The number of hydrogen-bond donors (Lipinski definition) is 4. The Balaban J connectivity index is 1.92. The van der Waals surface area contributed by atoms with Crippen LogP contribution in [0.2, 0.25) is 5.02 Å². The SMILES string of the molecule is Cc1cc(S(=O)(=O)Nc2cccc(-c3cc(C)c(C(=O)N[C@H](CO)C(=O)O)c(C)c3)c2)c(C)cc1Cl. The number of nitrogens with one attached hydrogen (secondary N) is 2. The van der Waals surface area contributed by atoms with E-state index in [1.807, 2.05) is 6.07 Å². The number of halogens is 1. The maximum atomic E-state index is 13.1. The van der Waals surface area contributed by atoms with Gasteiger partial charge in [-0.2, -0.15) is 0 Å². The Morgan fingerprint density at radius 2 is 1.56 bits per heavy atom. The molecule has 3 rings (SSSR count). The molecule has 3 aromatic carbocycles. The number of aliphatic hydroxyl groups excluding tert-OH is 1. The van der Waals surface area contributed by atoms with Gasteiger partial charge in [0.25, 0.3) is 15.9 Å². The number of hydrogen-bond acceptors (Lipinski definition) is 5.